The summed E-state index contributed by atoms with van der Waals surface area (Å²) in [5.74, 6) is -1.76. The molecule has 7 nitrogen and oxygen atoms in total. The van der Waals surface area contributed by atoms with Gasteiger partial charge in [-0.15, -0.1) is 11.8 Å². The predicted molar refractivity (Wildman–Crippen MR) is 82.6 cm³/mol. The molecule has 4 atom stereocenters. The molecule has 3 unspecified atom stereocenters. The highest BCUT2D eigenvalue weighted by molar-refractivity contribution is 8.00. The van der Waals surface area contributed by atoms with E-state index in [1.165, 1.54) is 11.8 Å². The number of aliphatic hydroxyl groups excluding tert-OH is 1. The van der Waals surface area contributed by atoms with Crippen molar-refractivity contribution in [3.05, 3.63) is 35.9 Å². The van der Waals surface area contributed by atoms with Crippen LogP contribution in [0.1, 0.15) is 5.56 Å². The van der Waals surface area contributed by atoms with E-state index in [4.69, 9.17) is 5.11 Å². The van der Waals surface area contributed by atoms with Crippen LogP contribution in [0, 0.1) is 0 Å². The molecular weight excluding hydrogens is 320 g/mol. The molecular formula is C15H16N2O5S. The zero-order valence-electron chi connectivity index (χ0n) is 12.1. The van der Waals surface area contributed by atoms with E-state index in [1.54, 1.807) is 0 Å². The number of nitrogens with one attached hydrogen (secondary N) is 1. The van der Waals surface area contributed by atoms with Crippen LogP contribution in [0.4, 0.5) is 0 Å². The Balaban J connectivity index is 1.63. The molecule has 2 amide bonds. The predicted octanol–water partition coefficient (Wildman–Crippen LogP) is -0.557. The summed E-state index contributed by atoms with van der Waals surface area (Å²) in [5, 5.41) is 21.1. The highest BCUT2D eigenvalue weighted by atomic mass is 32.2. The number of aliphatic carboxylic acids is 1. The molecule has 8 heteroatoms. The van der Waals surface area contributed by atoms with Gasteiger partial charge in [-0.3, -0.25) is 9.59 Å². The van der Waals surface area contributed by atoms with Gasteiger partial charge in [0.15, 0.2) is 6.04 Å². The summed E-state index contributed by atoms with van der Waals surface area (Å²) in [7, 11) is 0. The molecule has 0 aromatic heterocycles. The van der Waals surface area contributed by atoms with Crippen LogP contribution in [0.15, 0.2) is 30.3 Å². The van der Waals surface area contributed by atoms with Gasteiger partial charge in [-0.2, -0.15) is 0 Å². The number of β-lactam (4-membered cyclic amide) rings is 1. The van der Waals surface area contributed by atoms with Gasteiger partial charge < -0.3 is 20.4 Å². The Bertz CT molecular complexity index is 638. The number of carboxylic acids is 1. The quantitative estimate of drug-likeness (QED) is 0.637. The van der Waals surface area contributed by atoms with Crippen molar-refractivity contribution < 1.29 is 24.6 Å². The number of benzene rings is 1. The van der Waals surface area contributed by atoms with Crippen molar-refractivity contribution >= 4 is 29.5 Å². The number of thioether (sulfide) groups is 1. The number of carbonyl (C=O) groups excluding carboxylic acids is 2. The standard InChI is InChI=1S/C15H16N2O5S/c18-9-7-23-14-11(13(20)17(14)12(9)15(21)22)16-10(19)6-8-4-2-1-3-5-8/h1-5,9,11-12,14,18H,6-7H2,(H,16,19)(H,21,22)/t9?,11?,12?,14-/m1/s1. The second-order valence-corrected chi connectivity index (χ2v) is 6.68. The minimum absolute atomic E-state index is 0.160. The van der Waals surface area contributed by atoms with Crippen LogP contribution in [0.25, 0.3) is 0 Å². The lowest BCUT2D eigenvalue weighted by molar-refractivity contribution is -0.167. The van der Waals surface area contributed by atoms with Crippen LogP contribution in [0.2, 0.25) is 0 Å². The lowest BCUT2D eigenvalue weighted by Gasteiger charge is -2.53. The first-order valence-corrected chi connectivity index (χ1v) is 8.22. The Morgan fingerprint density at radius 2 is 2.00 bits per heavy atom. The second-order valence-electron chi connectivity index (χ2n) is 5.53. The van der Waals surface area contributed by atoms with Crippen LogP contribution >= 0.6 is 11.8 Å². The topological polar surface area (TPSA) is 107 Å². The molecule has 3 N–H and O–H groups in total. The van der Waals surface area contributed by atoms with Crippen molar-refractivity contribution in [2.24, 2.45) is 0 Å². The molecule has 2 aliphatic rings. The molecule has 122 valence electrons. The molecule has 2 aliphatic heterocycles. The largest absolute Gasteiger partial charge is 0.480 e. The van der Waals surface area contributed by atoms with Crippen LogP contribution in [-0.4, -0.2) is 62.2 Å². The minimum atomic E-state index is -1.24. The first-order valence-electron chi connectivity index (χ1n) is 7.17. The van der Waals surface area contributed by atoms with Gasteiger partial charge in [0.05, 0.1) is 12.5 Å². The molecule has 1 aromatic carbocycles. The van der Waals surface area contributed by atoms with E-state index < -0.39 is 35.4 Å². The molecule has 0 bridgehead atoms. The van der Waals surface area contributed by atoms with Crippen molar-refractivity contribution in [1.29, 1.82) is 0 Å². The van der Waals surface area contributed by atoms with Crippen molar-refractivity contribution in [3.63, 3.8) is 0 Å². The van der Waals surface area contributed by atoms with E-state index in [9.17, 15) is 19.5 Å². The third-order valence-corrected chi connectivity index (χ3v) is 5.33. The lowest BCUT2D eigenvalue weighted by Crippen LogP contribution is -2.76. The fraction of sp³-hybridized carbons (Fsp3) is 0.400. The van der Waals surface area contributed by atoms with Gasteiger partial charge in [0, 0.05) is 5.75 Å². The minimum Gasteiger partial charge on any atom is -0.480 e. The zero-order chi connectivity index (χ0) is 16.6. The molecule has 3 rings (SSSR count). The smallest absolute Gasteiger partial charge is 0.329 e. The SMILES string of the molecule is O=C(Cc1ccccc1)NC1C(=O)N2C(C(=O)O)C(O)CS[C@H]12. The van der Waals surface area contributed by atoms with Gasteiger partial charge in [-0.05, 0) is 5.56 Å². The number of hydrogen-bond donors (Lipinski definition) is 3. The lowest BCUT2D eigenvalue weighted by atomic mass is 9.99. The number of aliphatic hydroxyl groups is 1. The van der Waals surface area contributed by atoms with E-state index in [0.29, 0.717) is 0 Å². The Labute approximate surface area is 136 Å². The first kappa shape index (κ1) is 15.8. The number of amides is 2. The van der Waals surface area contributed by atoms with E-state index in [2.05, 4.69) is 5.32 Å². The summed E-state index contributed by atoms with van der Waals surface area (Å²) >= 11 is 1.28. The second kappa shape index (κ2) is 6.21. The first-order chi connectivity index (χ1) is 11.0. The molecule has 1 aromatic rings. The van der Waals surface area contributed by atoms with E-state index >= 15 is 0 Å². The third-order valence-electron chi connectivity index (χ3n) is 3.96. The Morgan fingerprint density at radius 1 is 1.30 bits per heavy atom. The van der Waals surface area contributed by atoms with Crippen LogP contribution in [0.5, 0.6) is 0 Å². The van der Waals surface area contributed by atoms with Crippen LogP contribution in [0.3, 0.4) is 0 Å². The maximum atomic E-state index is 12.2. The Kier molecular flexibility index (Phi) is 4.27. The summed E-state index contributed by atoms with van der Waals surface area (Å²) < 4.78 is 0. The summed E-state index contributed by atoms with van der Waals surface area (Å²) in [6, 6.07) is 7.18. The summed E-state index contributed by atoms with van der Waals surface area (Å²) in [6.45, 7) is 0. The van der Waals surface area contributed by atoms with Crippen molar-refractivity contribution in [2.45, 2.75) is 30.0 Å². The average molecular weight is 336 g/mol. The maximum Gasteiger partial charge on any atom is 0.329 e. The molecule has 0 radical (unpaired) electrons. The van der Waals surface area contributed by atoms with Crippen LogP contribution < -0.4 is 5.32 Å². The Morgan fingerprint density at radius 3 is 2.65 bits per heavy atom. The van der Waals surface area contributed by atoms with Crippen molar-refractivity contribution in [1.82, 2.24) is 10.2 Å². The summed E-state index contributed by atoms with van der Waals surface area (Å²) in [4.78, 5) is 36.6. The molecule has 0 spiro atoms. The fourth-order valence-corrected chi connectivity index (χ4v) is 4.20. The molecule has 2 saturated heterocycles. The summed E-state index contributed by atoms with van der Waals surface area (Å²) in [5.41, 5.74) is 0.837. The van der Waals surface area contributed by atoms with Gasteiger partial charge in [0.1, 0.15) is 11.4 Å². The molecule has 23 heavy (non-hydrogen) atoms. The van der Waals surface area contributed by atoms with Gasteiger partial charge >= 0.3 is 5.97 Å². The monoisotopic (exact) mass is 336 g/mol. The maximum absolute atomic E-state index is 12.2. The van der Waals surface area contributed by atoms with Crippen molar-refractivity contribution in [2.75, 3.05) is 5.75 Å². The summed E-state index contributed by atoms with van der Waals surface area (Å²) in [6.07, 6.45) is -0.939. The van der Waals surface area contributed by atoms with Gasteiger partial charge in [0.25, 0.3) is 0 Å². The fourth-order valence-electron chi connectivity index (χ4n) is 2.85. The van der Waals surface area contributed by atoms with Gasteiger partial charge in [-0.1, -0.05) is 30.3 Å². The molecule has 0 saturated carbocycles. The molecule has 2 fully saturated rings. The third kappa shape index (κ3) is 2.91. The normalized spacial score (nSPS) is 29.4. The number of carboxylic acid groups (broad SMARTS) is 1. The number of fused-ring (bicyclic) bond motifs is 1. The molecule has 0 aliphatic carbocycles. The Hall–Kier alpha value is -2.06. The van der Waals surface area contributed by atoms with E-state index in [1.807, 2.05) is 30.3 Å². The number of rotatable bonds is 4. The van der Waals surface area contributed by atoms with Gasteiger partial charge in [0.2, 0.25) is 11.8 Å². The highest BCUT2D eigenvalue weighted by Crippen LogP contribution is 2.38. The number of hydrogen-bond acceptors (Lipinski definition) is 5. The van der Waals surface area contributed by atoms with E-state index in [-0.39, 0.29) is 18.1 Å². The number of carbonyl (C=O) groups is 3. The average Bonchev–Trinajstić information content (AvgIpc) is 2.53. The van der Waals surface area contributed by atoms with Crippen molar-refractivity contribution in [3.8, 4) is 0 Å². The molecule has 2 heterocycles. The number of nitrogens with zero attached hydrogens (tertiary/aromatic N) is 1. The van der Waals surface area contributed by atoms with Crippen LogP contribution in [-0.2, 0) is 20.8 Å². The van der Waals surface area contributed by atoms with E-state index in [0.717, 1.165) is 10.5 Å². The highest BCUT2D eigenvalue weighted by Gasteiger charge is 2.57. The zero-order valence-corrected chi connectivity index (χ0v) is 12.9. The van der Waals surface area contributed by atoms with Gasteiger partial charge in [-0.25, -0.2) is 4.79 Å².